The summed E-state index contributed by atoms with van der Waals surface area (Å²) in [7, 11) is 1.62. The first-order valence-electron chi connectivity index (χ1n) is 7.28. The fraction of sp³-hybridized carbons (Fsp3) is 0.562. The number of carbonyl (C=O) groups excluding carboxylic acids is 1. The van der Waals surface area contributed by atoms with Crippen LogP contribution in [0.5, 0.6) is 0 Å². The van der Waals surface area contributed by atoms with Crippen LogP contribution in [0.3, 0.4) is 0 Å². The van der Waals surface area contributed by atoms with Gasteiger partial charge in [0.05, 0.1) is 0 Å². The van der Waals surface area contributed by atoms with Gasteiger partial charge in [-0.05, 0) is 0 Å². The Morgan fingerprint density at radius 1 is 1.27 bits per heavy atom. The zero-order valence-corrected chi connectivity index (χ0v) is 14.6. The third kappa shape index (κ3) is 3.43. The SMILES string of the molecule is CO[C@H]1[C@@H]2OC(C)(C)O[C@@H]2O[C@H]1CC(=O)[Se]c1ccccc1. The quantitative estimate of drug-likeness (QED) is 0.718. The second kappa shape index (κ2) is 6.40. The van der Waals surface area contributed by atoms with Crippen LogP contribution in [-0.2, 0) is 23.7 Å². The first-order chi connectivity index (χ1) is 10.5. The molecule has 0 aromatic heterocycles. The maximum atomic E-state index is 12.3. The standard InChI is InChI=1S/C16H20O5Se/c1-16(2)20-14-13(18-3)11(19-15(14)21-16)9-12(17)22-10-7-5-4-6-8-10/h4-8,11,13-15H,9H2,1-3H3/t11-,13+,14-,15-/m0/s1. The molecule has 2 heterocycles. The van der Waals surface area contributed by atoms with Crippen molar-refractivity contribution in [3.05, 3.63) is 30.3 Å². The maximum absolute atomic E-state index is 12.3. The number of ether oxygens (including phenoxy) is 4. The molecule has 0 bridgehead atoms. The summed E-state index contributed by atoms with van der Waals surface area (Å²) in [6.07, 6.45) is -0.992. The molecule has 1 aromatic carbocycles. The Morgan fingerprint density at radius 3 is 2.68 bits per heavy atom. The van der Waals surface area contributed by atoms with Crippen LogP contribution in [0.25, 0.3) is 0 Å². The zero-order chi connectivity index (χ0) is 15.7. The first kappa shape index (κ1) is 16.1. The van der Waals surface area contributed by atoms with Crippen molar-refractivity contribution in [2.75, 3.05) is 7.11 Å². The molecule has 0 N–H and O–H groups in total. The van der Waals surface area contributed by atoms with Crippen LogP contribution in [-0.4, -0.2) is 57.1 Å². The van der Waals surface area contributed by atoms with Gasteiger partial charge in [-0.25, -0.2) is 0 Å². The summed E-state index contributed by atoms with van der Waals surface area (Å²) in [6, 6.07) is 9.79. The number of hydrogen-bond acceptors (Lipinski definition) is 5. The molecule has 0 aliphatic carbocycles. The summed E-state index contributed by atoms with van der Waals surface area (Å²) in [5.41, 5.74) is 0. The van der Waals surface area contributed by atoms with Gasteiger partial charge in [0.2, 0.25) is 0 Å². The van der Waals surface area contributed by atoms with Crippen molar-refractivity contribution < 1.29 is 23.7 Å². The molecule has 0 saturated carbocycles. The van der Waals surface area contributed by atoms with E-state index in [-0.39, 0.29) is 38.0 Å². The van der Waals surface area contributed by atoms with Crippen molar-refractivity contribution in [1.29, 1.82) is 0 Å². The topological polar surface area (TPSA) is 54.0 Å². The molecule has 4 atom stereocenters. The summed E-state index contributed by atoms with van der Waals surface area (Å²) in [5, 5.41) is 0. The Hall–Kier alpha value is -0.751. The third-order valence-corrected chi connectivity index (χ3v) is 5.60. The van der Waals surface area contributed by atoms with Gasteiger partial charge in [-0.3, -0.25) is 0 Å². The molecule has 6 heteroatoms. The summed E-state index contributed by atoms with van der Waals surface area (Å²) >= 11 is -0.207. The molecule has 2 aliphatic rings. The van der Waals surface area contributed by atoms with E-state index in [0.717, 1.165) is 4.46 Å². The Bertz CT molecular complexity index is 533. The molecule has 0 radical (unpaired) electrons. The average Bonchev–Trinajstić information content (AvgIpc) is 2.90. The van der Waals surface area contributed by atoms with E-state index in [2.05, 4.69) is 0 Å². The van der Waals surface area contributed by atoms with Crippen molar-refractivity contribution in [1.82, 2.24) is 0 Å². The van der Waals surface area contributed by atoms with Crippen LogP contribution in [0.4, 0.5) is 0 Å². The first-order valence-corrected chi connectivity index (χ1v) is 8.99. The minimum atomic E-state index is -0.672. The molecule has 0 unspecified atom stereocenters. The van der Waals surface area contributed by atoms with Gasteiger partial charge in [0.15, 0.2) is 0 Å². The van der Waals surface area contributed by atoms with Crippen LogP contribution < -0.4 is 4.46 Å². The molecule has 0 spiro atoms. The van der Waals surface area contributed by atoms with E-state index in [1.165, 1.54) is 0 Å². The molecule has 5 nitrogen and oxygen atoms in total. The average molecular weight is 371 g/mol. The predicted molar refractivity (Wildman–Crippen MR) is 80.9 cm³/mol. The number of carbonyl (C=O) groups is 1. The van der Waals surface area contributed by atoms with Crippen molar-refractivity contribution in [2.24, 2.45) is 0 Å². The van der Waals surface area contributed by atoms with E-state index >= 15 is 0 Å². The van der Waals surface area contributed by atoms with Gasteiger partial charge >= 0.3 is 136 Å². The van der Waals surface area contributed by atoms with E-state index in [4.69, 9.17) is 18.9 Å². The monoisotopic (exact) mass is 372 g/mol. The van der Waals surface area contributed by atoms with Crippen molar-refractivity contribution in [3.63, 3.8) is 0 Å². The summed E-state index contributed by atoms with van der Waals surface area (Å²) in [6.45, 7) is 3.69. The zero-order valence-electron chi connectivity index (χ0n) is 12.9. The van der Waals surface area contributed by atoms with Crippen molar-refractivity contribution in [3.8, 4) is 0 Å². The Morgan fingerprint density at radius 2 is 2.00 bits per heavy atom. The third-order valence-electron chi connectivity index (χ3n) is 3.70. The number of benzene rings is 1. The normalized spacial score (nSPS) is 32.9. The molecule has 2 saturated heterocycles. The van der Waals surface area contributed by atoms with Gasteiger partial charge in [-0.1, -0.05) is 0 Å². The molecule has 0 amide bonds. The fourth-order valence-corrected chi connectivity index (χ4v) is 4.51. The van der Waals surface area contributed by atoms with Crippen LogP contribution >= 0.6 is 0 Å². The number of fused-ring (bicyclic) bond motifs is 1. The molecule has 3 rings (SSSR count). The Labute approximate surface area is 136 Å². The van der Waals surface area contributed by atoms with Crippen LogP contribution in [0, 0.1) is 0 Å². The fourth-order valence-electron chi connectivity index (χ4n) is 2.82. The Kier molecular flexibility index (Phi) is 4.69. The van der Waals surface area contributed by atoms with Gasteiger partial charge in [0, 0.05) is 0 Å². The number of hydrogen-bond donors (Lipinski definition) is 0. The molecule has 2 fully saturated rings. The van der Waals surface area contributed by atoms with Crippen molar-refractivity contribution >= 4 is 24.1 Å². The molecule has 120 valence electrons. The van der Waals surface area contributed by atoms with Gasteiger partial charge in [0.25, 0.3) is 0 Å². The number of rotatable bonds is 5. The van der Waals surface area contributed by atoms with Gasteiger partial charge in [0.1, 0.15) is 0 Å². The van der Waals surface area contributed by atoms with Gasteiger partial charge in [-0.2, -0.15) is 0 Å². The summed E-state index contributed by atoms with van der Waals surface area (Å²) in [5.74, 6) is -0.672. The van der Waals surface area contributed by atoms with E-state index in [0.29, 0.717) is 6.42 Å². The van der Waals surface area contributed by atoms with Gasteiger partial charge in [-0.15, -0.1) is 0 Å². The second-order valence-corrected chi connectivity index (χ2v) is 8.21. The molecular formula is C16H20O5Se. The number of methoxy groups -OCH3 is 1. The Balaban J connectivity index is 1.60. The van der Waals surface area contributed by atoms with E-state index in [1.54, 1.807) is 7.11 Å². The minimum absolute atomic E-state index is 0.185. The summed E-state index contributed by atoms with van der Waals surface area (Å²) in [4.78, 5) is 12.3. The molecule has 22 heavy (non-hydrogen) atoms. The van der Waals surface area contributed by atoms with Crippen LogP contribution in [0.2, 0.25) is 0 Å². The second-order valence-electron chi connectivity index (χ2n) is 5.83. The van der Waals surface area contributed by atoms with Gasteiger partial charge < -0.3 is 0 Å². The van der Waals surface area contributed by atoms with Crippen molar-refractivity contribution in [2.45, 2.75) is 50.7 Å². The van der Waals surface area contributed by atoms with E-state index in [9.17, 15) is 4.79 Å². The molecular weight excluding hydrogens is 351 g/mol. The van der Waals surface area contributed by atoms with E-state index in [1.807, 2.05) is 44.2 Å². The predicted octanol–water partition coefficient (Wildman–Crippen LogP) is 0.824. The van der Waals surface area contributed by atoms with Crippen LogP contribution in [0.15, 0.2) is 30.3 Å². The van der Waals surface area contributed by atoms with E-state index < -0.39 is 12.1 Å². The van der Waals surface area contributed by atoms with Crippen LogP contribution in [0.1, 0.15) is 20.3 Å². The summed E-state index contributed by atoms with van der Waals surface area (Å²) < 4.78 is 24.1. The molecule has 1 aromatic rings. The molecule has 2 aliphatic heterocycles.